The van der Waals surface area contributed by atoms with E-state index < -0.39 is 4.92 Å². The van der Waals surface area contributed by atoms with E-state index >= 15 is 0 Å². The van der Waals surface area contributed by atoms with Gasteiger partial charge in [-0.25, -0.2) is 0 Å². The van der Waals surface area contributed by atoms with Crippen molar-refractivity contribution in [1.82, 2.24) is 4.57 Å². The molecule has 0 aliphatic carbocycles. The monoisotopic (exact) mass is 305 g/mol. The number of hydrogen-bond donors (Lipinski definition) is 0. The highest BCUT2D eigenvalue weighted by Crippen LogP contribution is 2.20. The summed E-state index contributed by atoms with van der Waals surface area (Å²) in [6, 6.07) is 16.4. The van der Waals surface area contributed by atoms with E-state index in [-0.39, 0.29) is 11.2 Å². The topological polar surface area (TPSA) is 88.9 Å². The Hall–Kier alpha value is -3.46. The summed E-state index contributed by atoms with van der Waals surface area (Å²) < 4.78 is 1.54. The first kappa shape index (κ1) is 14.5. The smallest absolute Gasteiger partial charge is 0.270 e. The molecule has 6 heteroatoms. The fraction of sp³-hybridized carbons (Fsp3) is 0.0588. The maximum absolute atomic E-state index is 12.2. The van der Waals surface area contributed by atoms with Gasteiger partial charge < -0.3 is 4.57 Å². The van der Waals surface area contributed by atoms with Crippen LogP contribution in [0.4, 0.5) is 5.69 Å². The molecule has 0 bridgehead atoms. The highest BCUT2D eigenvalue weighted by molar-refractivity contribution is 5.81. The molecule has 0 amide bonds. The number of nitrogens with zero attached hydrogens (tertiary/aromatic N) is 3. The molecule has 0 aliphatic heterocycles. The molecule has 0 radical (unpaired) electrons. The summed E-state index contributed by atoms with van der Waals surface area (Å²) in [4.78, 5) is 22.6. The molecule has 0 fully saturated rings. The van der Waals surface area contributed by atoms with Crippen molar-refractivity contribution in [3.8, 4) is 6.07 Å². The van der Waals surface area contributed by atoms with Crippen LogP contribution in [-0.4, -0.2) is 9.49 Å². The van der Waals surface area contributed by atoms with E-state index in [1.807, 2.05) is 6.07 Å². The number of non-ortho nitro benzene ring substituents is 1. The molecule has 0 unspecified atom stereocenters. The average molecular weight is 305 g/mol. The van der Waals surface area contributed by atoms with E-state index in [2.05, 4.69) is 6.07 Å². The summed E-state index contributed by atoms with van der Waals surface area (Å²) in [6.45, 7) is 0.295. The lowest BCUT2D eigenvalue weighted by atomic mass is 10.1. The number of benzene rings is 2. The quantitative estimate of drug-likeness (QED) is 0.549. The second-order valence-electron chi connectivity index (χ2n) is 5.07. The van der Waals surface area contributed by atoms with Crippen LogP contribution in [0, 0.1) is 21.4 Å². The Balaban J connectivity index is 2.12. The summed E-state index contributed by atoms with van der Waals surface area (Å²) in [5, 5.41) is 20.4. The molecule has 0 aliphatic rings. The number of nitro benzene ring substituents is 1. The second kappa shape index (κ2) is 5.73. The van der Waals surface area contributed by atoms with Gasteiger partial charge in [0.25, 0.3) is 11.2 Å². The van der Waals surface area contributed by atoms with Gasteiger partial charge in [0, 0.05) is 23.6 Å². The molecule has 0 spiro atoms. The molecule has 2 aromatic carbocycles. The predicted molar refractivity (Wildman–Crippen MR) is 85.1 cm³/mol. The van der Waals surface area contributed by atoms with E-state index in [4.69, 9.17) is 5.26 Å². The first-order valence-corrected chi connectivity index (χ1v) is 6.85. The highest BCUT2D eigenvalue weighted by atomic mass is 16.6. The van der Waals surface area contributed by atoms with Gasteiger partial charge in [-0.1, -0.05) is 12.1 Å². The number of fused-ring (bicyclic) bond motifs is 1. The minimum absolute atomic E-state index is 0.0193. The van der Waals surface area contributed by atoms with Crippen molar-refractivity contribution < 1.29 is 4.92 Å². The molecule has 3 aromatic rings. The SMILES string of the molecule is N#Cc1cccc(Cn2c(=O)ccc3cc([N+](=O)[O-])ccc32)c1. The number of hydrogen-bond acceptors (Lipinski definition) is 4. The van der Waals surface area contributed by atoms with Crippen molar-refractivity contribution in [3.63, 3.8) is 0 Å². The lowest BCUT2D eigenvalue weighted by Gasteiger charge is -2.10. The zero-order valence-corrected chi connectivity index (χ0v) is 12.0. The Morgan fingerprint density at radius 2 is 1.96 bits per heavy atom. The van der Waals surface area contributed by atoms with E-state index in [9.17, 15) is 14.9 Å². The van der Waals surface area contributed by atoms with Crippen LogP contribution in [-0.2, 0) is 6.54 Å². The van der Waals surface area contributed by atoms with Gasteiger partial charge in [-0.05, 0) is 29.8 Å². The highest BCUT2D eigenvalue weighted by Gasteiger charge is 2.10. The Morgan fingerprint density at radius 1 is 1.13 bits per heavy atom. The van der Waals surface area contributed by atoms with E-state index in [1.165, 1.54) is 22.8 Å². The maximum Gasteiger partial charge on any atom is 0.270 e. The van der Waals surface area contributed by atoms with Gasteiger partial charge in [0.05, 0.1) is 28.6 Å². The number of rotatable bonds is 3. The Kier molecular flexibility index (Phi) is 3.61. The van der Waals surface area contributed by atoms with Crippen molar-refractivity contribution in [3.05, 3.63) is 86.2 Å². The summed E-state index contributed by atoms with van der Waals surface area (Å²) in [6.07, 6.45) is 0. The van der Waals surface area contributed by atoms with Gasteiger partial charge in [-0.2, -0.15) is 5.26 Å². The number of nitro groups is 1. The van der Waals surface area contributed by atoms with Crippen LogP contribution >= 0.6 is 0 Å². The molecule has 0 saturated carbocycles. The number of aromatic nitrogens is 1. The molecular formula is C17H11N3O3. The van der Waals surface area contributed by atoms with Gasteiger partial charge >= 0.3 is 0 Å². The Labute approximate surface area is 131 Å². The molecule has 112 valence electrons. The van der Waals surface area contributed by atoms with E-state index in [1.54, 1.807) is 30.3 Å². The lowest BCUT2D eigenvalue weighted by molar-refractivity contribution is -0.384. The normalized spacial score (nSPS) is 10.4. The third-order valence-electron chi connectivity index (χ3n) is 3.58. The minimum Gasteiger partial charge on any atom is -0.304 e. The van der Waals surface area contributed by atoms with Gasteiger partial charge in [-0.3, -0.25) is 14.9 Å². The predicted octanol–water partition coefficient (Wildman–Crippen LogP) is 2.83. The third-order valence-corrected chi connectivity index (χ3v) is 3.58. The van der Waals surface area contributed by atoms with Gasteiger partial charge in [-0.15, -0.1) is 0 Å². The molecule has 1 heterocycles. The Bertz CT molecular complexity index is 1020. The van der Waals surface area contributed by atoms with Crippen molar-refractivity contribution in [2.75, 3.05) is 0 Å². The van der Waals surface area contributed by atoms with Crippen molar-refractivity contribution in [2.45, 2.75) is 6.54 Å². The average Bonchev–Trinajstić information content (AvgIpc) is 2.57. The van der Waals surface area contributed by atoms with Crippen LogP contribution in [0.25, 0.3) is 10.9 Å². The molecule has 0 atom stereocenters. The van der Waals surface area contributed by atoms with Gasteiger partial charge in [0.1, 0.15) is 0 Å². The summed E-state index contributed by atoms with van der Waals surface area (Å²) in [5.74, 6) is 0. The largest absolute Gasteiger partial charge is 0.304 e. The Morgan fingerprint density at radius 3 is 2.70 bits per heavy atom. The molecular weight excluding hydrogens is 294 g/mol. The lowest BCUT2D eigenvalue weighted by Crippen LogP contribution is -2.20. The summed E-state index contributed by atoms with van der Waals surface area (Å²) in [7, 11) is 0. The van der Waals surface area contributed by atoms with Crippen molar-refractivity contribution >= 4 is 16.6 Å². The molecule has 23 heavy (non-hydrogen) atoms. The zero-order chi connectivity index (χ0) is 16.4. The minimum atomic E-state index is -0.467. The first-order chi connectivity index (χ1) is 11.1. The second-order valence-corrected chi connectivity index (χ2v) is 5.07. The van der Waals surface area contributed by atoms with Crippen LogP contribution in [0.15, 0.2) is 59.4 Å². The van der Waals surface area contributed by atoms with Crippen LogP contribution in [0.5, 0.6) is 0 Å². The molecule has 1 aromatic heterocycles. The summed E-state index contributed by atoms with van der Waals surface area (Å²) in [5.41, 5.74) is 1.73. The first-order valence-electron chi connectivity index (χ1n) is 6.85. The molecule has 0 saturated heterocycles. The van der Waals surface area contributed by atoms with E-state index in [0.717, 1.165) is 5.56 Å². The maximum atomic E-state index is 12.2. The number of nitriles is 1. The van der Waals surface area contributed by atoms with Gasteiger partial charge in [0.15, 0.2) is 0 Å². The van der Waals surface area contributed by atoms with Crippen LogP contribution in [0.3, 0.4) is 0 Å². The standard InChI is InChI=1S/C17H11N3O3/c18-10-12-2-1-3-13(8-12)11-19-16-6-5-15(20(22)23)9-14(16)4-7-17(19)21/h1-9H,11H2. The van der Waals surface area contributed by atoms with Crippen LogP contribution in [0.1, 0.15) is 11.1 Å². The number of pyridine rings is 1. The fourth-order valence-electron chi connectivity index (χ4n) is 2.49. The van der Waals surface area contributed by atoms with Crippen LogP contribution < -0.4 is 5.56 Å². The molecule has 3 rings (SSSR count). The molecule has 6 nitrogen and oxygen atoms in total. The summed E-state index contributed by atoms with van der Waals surface area (Å²) >= 11 is 0. The fourth-order valence-corrected chi connectivity index (χ4v) is 2.49. The molecule has 0 N–H and O–H groups in total. The van der Waals surface area contributed by atoms with Gasteiger partial charge in [0.2, 0.25) is 0 Å². The van der Waals surface area contributed by atoms with Crippen LogP contribution in [0.2, 0.25) is 0 Å². The zero-order valence-electron chi connectivity index (χ0n) is 12.0. The van der Waals surface area contributed by atoms with Crippen molar-refractivity contribution in [2.24, 2.45) is 0 Å². The van der Waals surface area contributed by atoms with Crippen molar-refractivity contribution in [1.29, 1.82) is 5.26 Å². The van der Waals surface area contributed by atoms with E-state index in [0.29, 0.717) is 23.0 Å². The third kappa shape index (κ3) is 2.80.